The highest BCUT2D eigenvalue weighted by molar-refractivity contribution is 5.06. The number of rotatable bonds is 1. The molecule has 2 heterocycles. The van der Waals surface area contributed by atoms with Gasteiger partial charge in [0.15, 0.2) is 0 Å². The second-order valence-electron chi connectivity index (χ2n) is 6.75. The molecule has 2 saturated heterocycles. The summed E-state index contributed by atoms with van der Waals surface area (Å²) in [5.41, 5.74) is 2.21. The molecule has 0 amide bonds. The fourth-order valence-corrected chi connectivity index (χ4v) is 3.00. The van der Waals surface area contributed by atoms with E-state index >= 15 is 0 Å². The topological polar surface area (TPSA) is 6.48 Å². The van der Waals surface area contributed by atoms with Gasteiger partial charge in [-0.05, 0) is 53.6 Å². The molecule has 0 aromatic heterocycles. The number of nitrogens with zero attached hydrogens (tertiary/aromatic N) is 2. The smallest absolute Gasteiger partial charge is 0.0249 e. The fourth-order valence-electron chi connectivity index (χ4n) is 3.00. The molecular formula is C14H26N2. The second kappa shape index (κ2) is 3.76. The van der Waals surface area contributed by atoms with Gasteiger partial charge in [0.25, 0.3) is 0 Å². The quantitative estimate of drug-likeness (QED) is 0.673. The molecule has 0 radical (unpaired) electrons. The van der Waals surface area contributed by atoms with Gasteiger partial charge in [-0.15, -0.1) is 0 Å². The Labute approximate surface area is 100 Å². The van der Waals surface area contributed by atoms with E-state index in [1.54, 1.807) is 0 Å². The van der Waals surface area contributed by atoms with Crippen LogP contribution in [-0.2, 0) is 0 Å². The predicted molar refractivity (Wildman–Crippen MR) is 69.4 cm³/mol. The van der Waals surface area contributed by atoms with Crippen LogP contribution in [0.15, 0.2) is 12.3 Å². The molecule has 0 bridgehead atoms. The fraction of sp³-hybridized carbons (Fsp3) is 0.857. The van der Waals surface area contributed by atoms with Crippen molar-refractivity contribution in [1.29, 1.82) is 0 Å². The Morgan fingerprint density at radius 1 is 1.12 bits per heavy atom. The van der Waals surface area contributed by atoms with Crippen LogP contribution in [0, 0.1) is 5.41 Å². The van der Waals surface area contributed by atoms with Crippen molar-refractivity contribution >= 4 is 0 Å². The summed E-state index contributed by atoms with van der Waals surface area (Å²) in [4.78, 5) is 5.05. The first kappa shape index (κ1) is 12.0. The monoisotopic (exact) mass is 222 g/mol. The molecule has 2 heteroatoms. The third kappa shape index (κ3) is 2.13. The van der Waals surface area contributed by atoms with Gasteiger partial charge in [0.2, 0.25) is 0 Å². The standard InChI is InChI=1S/C14H26N2/c1-12(2)15-10-14(11-15)6-8-16(9-7-14)13(3,4)5/h1,6-11H2,2-5H3. The van der Waals surface area contributed by atoms with E-state index in [1.807, 2.05) is 0 Å². The van der Waals surface area contributed by atoms with Crippen LogP contribution in [0.5, 0.6) is 0 Å². The van der Waals surface area contributed by atoms with Crippen molar-refractivity contribution in [1.82, 2.24) is 9.80 Å². The highest BCUT2D eigenvalue weighted by Crippen LogP contribution is 2.42. The Kier molecular flexibility index (Phi) is 2.82. The lowest BCUT2D eigenvalue weighted by Crippen LogP contribution is -2.61. The van der Waals surface area contributed by atoms with Crippen LogP contribution < -0.4 is 0 Å². The number of allylic oxidation sites excluding steroid dienone is 1. The van der Waals surface area contributed by atoms with Crippen LogP contribution in [0.3, 0.4) is 0 Å². The molecule has 2 nitrogen and oxygen atoms in total. The minimum Gasteiger partial charge on any atom is -0.374 e. The molecule has 1 spiro atoms. The molecule has 0 aromatic carbocycles. The van der Waals surface area contributed by atoms with Gasteiger partial charge in [0.1, 0.15) is 0 Å². The Balaban J connectivity index is 1.85. The van der Waals surface area contributed by atoms with Gasteiger partial charge in [-0.25, -0.2) is 0 Å². The minimum atomic E-state index is 0.347. The van der Waals surface area contributed by atoms with Gasteiger partial charge < -0.3 is 4.90 Å². The van der Waals surface area contributed by atoms with Crippen LogP contribution in [-0.4, -0.2) is 41.5 Å². The number of likely N-dealkylation sites (tertiary alicyclic amines) is 2. The molecular weight excluding hydrogens is 196 g/mol. The normalized spacial score (nSPS) is 25.6. The Bertz CT molecular complexity index is 272. The number of hydrogen-bond donors (Lipinski definition) is 0. The van der Waals surface area contributed by atoms with E-state index in [1.165, 1.54) is 44.7 Å². The molecule has 16 heavy (non-hydrogen) atoms. The maximum absolute atomic E-state index is 4.02. The highest BCUT2D eigenvalue weighted by atomic mass is 15.2. The zero-order valence-electron chi connectivity index (χ0n) is 11.3. The number of hydrogen-bond acceptors (Lipinski definition) is 2. The first-order chi connectivity index (χ1) is 7.32. The van der Waals surface area contributed by atoms with Crippen molar-refractivity contribution in [2.45, 2.75) is 46.1 Å². The van der Waals surface area contributed by atoms with E-state index in [0.717, 1.165) is 0 Å². The average Bonchev–Trinajstić information content (AvgIpc) is 2.12. The first-order valence-electron chi connectivity index (χ1n) is 6.48. The molecule has 2 aliphatic heterocycles. The summed E-state index contributed by atoms with van der Waals surface area (Å²) in [5.74, 6) is 0. The van der Waals surface area contributed by atoms with Gasteiger partial charge >= 0.3 is 0 Å². The Morgan fingerprint density at radius 2 is 1.62 bits per heavy atom. The summed E-state index contributed by atoms with van der Waals surface area (Å²) < 4.78 is 0. The van der Waals surface area contributed by atoms with Crippen molar-refractivity contribution in [2.75, 3.05) is 26.2 Å². The predicted octanol–water partition coefficient (Wildman–Crippen LogP) is 2.72. The van der Waals surface area contributed by atoms with Gasteiger partial charge in [0.05, 0.1) is 0 Å². The van der Waals surface area contributed by atoms with Crippen LogP contribution >= 0.6 is 0 Å². The highest BCUT2D eigenvalue weighted by Gasteiger charge is 2.45. The van der Waals surface area contributed by atoms with Gasteiger partial charge in [-0.2, -0.15) is 0 Å². The van der Waals surface area contributed by atoms with E-state index in [9.17, 15) is 0 Å². The van der Waals surface area contributed by atoms with E-state index in [-0.39, 0.29) is 0 Å². The summed E-state index contributed by atoms with van der Waals surface area (Å²) in [7, 11) is 0. The lowest BCUT2D eigenvalue weighted by Gasteiger charge is -2.56. The maximum Gasteiger partial charge on any atom is 0.0249 e. The summed E-state index contributed by atoms with van der Waals surface area (Å²) >= 11 is 0. The van der Waals surface area contributed by atoms with Crippen molar-refractivity contribution in [2.24, 2.45) is 5.41 Å². The van der Waals surface area contributed by atoms with E-state index in [0.29, 0.717) is 11.0 Å². The molecule has 0 unspecified atom stereocenters. The van der Waals surface area contributed by atoms with Crippen LogP contribution in [0.25, 0.3) is 0 Å². The van der Waals surface area contributed by atoms with Crippen molar-refractivity contribution in [3.8, 4) is 0 Å². The lowest BCUT2D eigenvalue weighted by atomic mass is 9.71. The summed E-state index contributed by atoms with van der Waals surface area (Å²) in [6, 6.07) is 0. The molecule has 0 aliphatic carbocycles. The van der Waals surface area contributed by atoms with Crippen molar-refractivity contribution in [3.63, 3.8) is 0 Å². The van der Waals surface area contributed by atoms with Gasteiger partial charge in [-0.3, -0.25) is 4.90 Å². The van der Waals surface area contributed by atoms with Gasteiger partial charge in [0, 0.05) is 29.7 Å². The maximum atomic E-state index is 4.02. The van der Waals surface area contributed by atoms with Crippen LogP contribution in [0.4, 0.5) is 0 Å². The zero-order chi connectivity index (χ0) is 12.0. The molecule has 92 valence electrons. The zero-order valence-corrected chi connectivity index (χ0v) is 11.3. The second-order valence-corrected chi connectivity index (χ2v) is 6.75. The van der Waals surface area contributed by atoms with Crippen LogP contribution in [0.1, 0.15) is 40.5 Å². The third-order valence-corrected chi connectivity index (χ3v) is 4.37. The molecule has 0 N–H and O–H groups in total. The Hall–Kier alpha value is -0.500. The molecule has 2 aliphatic rings. The molecule has 2 fully saturated rings. The minimum absolute atomic E-state index is 0.347. The first-order valence-corrected chi connectivity index (χ1v) is 6.48. The summed E-state index contributed by atoms with van der Waals surface area (Å²) in [6.45, 7) is 18.2. The molecule has 2 rings (SSSR count). The third-order valence-electron chi connectivity index (χ3n) is 4.37. The molecule has 0 atom stereocenters. The largest absolute Gasteiger partial charge is 0.374 e. The number of piperidine rings is 1. The molecule has 0 aromatic rings. The lowest BCUT2D eigenvalue weighted by molar-refractivity contribution is -0.0452. The van der Waals surface area contributed by atoms with E-state index in [4.69, 9.17) is 0 Å². The van der Waals surface area contributed by atoms with E-state index in [2.05, 4.69) is 44.1 Å². The SMILES string of the molecule is C=C(C)N1CC2(CCN(C(C)(C)C)CC2)C1. The van der Waals surface area contributed by atoms with E-state index < -0.39 is 0 Å². The van der Waals surface area contributed by atoms with Gasteiger partial charge in [-0.1, -0.05) is 6.58 Å². The molecule has 0 saturated carbocycles. The average molecular weight is 222 g/mol. The summed E-state index contributed by atoms with van der Waals surface area (Å²) in [5, 5.41) is 0. The van der Waals surface area contributed by atoms with Crippen LogP contribution in [0.2, 0.25) is 0 Å². The van der Waals surface area contributed by atoms with Crippen molar-refractivity contribution < 1.29 is 0 Å². The Morgan fingerprint density at radius 3 is 2.00 bits per heavy atom. The van der Waals surface area contributed by atoms with Crippen molar-refractivity contribution in [3.05, 3.63) is 12.3 Å². The summed E-state index contributed by atoms with van der Waals surface area (Å²) in [6.07, 6.45) is 2.74.